The number of methoxy groups -OCH3 is 1. The van der Waals surface area contributed by atoms with Gasteiger partial charge in [0.1, 0.15) is 5.82 Å². The number of ether oxygens (including phenoxy) is 1. The summed E-state index contributed by atoms with van der Waals surface area (Å²) in [5.74, 6) is -0.263. The quantitative estimate of drug-likeness (QED) is 0.726. The number of rotatable bonds is 7. The van der Waals surface area contributed by atoms with E-state index >= 15 is 0 Å². The Balaban J connectivity index is 2.86. The summed E-state index contributed by atoms with van der Waals surface area (Å²) in [4.78, 5) is 1.83. The third-order valence-electron chi connectivity index (χ3n) is 2.57. The molecule has 0 spiro atoms. The summed E-state index contributed by atoms with van der Waals surface area (Å²) < 4.78 is 19.0. The number of hydrogen-bond donors (Lipinski definition) is 0. The Morgan fingerprint density at radius 2 is 2.22 bits per heavy atom. The first-order chi connectivity index (χ1) is 8.72. The van der Waals surface area contributed by atoms with Gasteiger partial charge >= 0.3 is 0 Å². The highest BCUT2D eigenvalue weighted by molar-refractivity contribution is 9.08. The molecule has 5 heteroatoms. The second-order valence-electron chi connectivity index (χ2n) is 3.81. The Morgan fingerprint density at radius 3 is 2.78 bits per heavy atom. The number of alkyl halides is 1. The number of anilines is 1. The first kappa shape index (κ1) is 14.9. The van der Waals surface area contributed by atoms with E-state index < -0.39 is 0 Å². The van der Waals surface area contributed by atoms with E-state index in [1.807, 2.05) is 11.0 Å². The lowest BCUT2D eigenvalue weighted by Crippen LogP contribution is -2.29. The largest absolute Gasteiger partial charge is 0.383 e. The van der Waals surface area contributed by atoms with Gasteiger partial charge in [0.25, 0.3) is 0 Å². The average molecular weight is 315 g/mol. The van der Waals surface area contributed by atoms with E-state index in [1.54, 1.807) is 13.2 Å². The van der Waals surface area contributed by atoms with E-state index in [0.717, 1.165) is 5.56 Å². The van der Waals surface area contributed by atoms with Gasteiger partial charge in [-0.2, -0.15) is 5.26 Å². The molecule has 0 aliphatic rings. The van der Waals surface area contributed by atoms with Crippen LogP contribution in [0.25, 0.3) is 0 Å². The number of hydrogen-bond acceptors (Lipinski definition) is 3. The average Bonchev–Trinajstić information content (AvgIpc) is 2.39. The lowest BCUT2D eigenvalue weighted by molar-refractivity contribution is 0.205. The topological polar surface area (TPSA) is 36.3 Å². The third-order valence-corrected chi connectivity index (χ3v) is 3.21. The molecule has 0 unspecified atom stereocenters. The van der Waals surface area contributed by atoms with Gasteiger partial charge in [0, 0.05) is 25.5 Å². The van der Waals surface area contributed by atoms with Gasteiger partial charge in [0.05, 0.1) is 24.8 Å². The Kier molecular flexibility index (Phi) is 6.69. The van der Waals surface area contributed by atoms with Crippen molar-refractivity contribution in [3.8, 4) is 6.07 Å². The predicted molar refractivity (Wildman–Crippen MR) is 73.4 cm³/mol. The van der Waals surface area contributed by atoms with Crippen molar-refractivity contribution in [1.29, 1.82) is 5.26 Å². The van der Waals surface area contributed by atoms with Gasteiger partial charge in [-0.25, -0.2) is 4.39 Å². The van der Waals surface area contributed by atoms with Crippen LogP contribution in [-0.4, -0.2) is 26.8 Å². The summed E-state index contributed by atoms with van der Waals surface area (Å²) in [7, 11) is 1.60. The molecule has 3 nitrogen and oxygen atoms in total. The minimum absolute atomic E-state index is 0.263. The summed E-state index contributed by atoms with van der Waals surface area (Å²) in [6, 6.07) is 7.21. The van der Waals surface area contributed by atoms with Crippen LogP contribution in [0, 0.1) is 17.1 Å². The van der Waals surface area contributed by atoms with Crippen LogP contribution >= 0.6 is 15.9 Å². The molecule has 18 heavy (non-hydrogen) atoms. The molecule has 0 saturated heterocycles. The molecule has 0 saturated carbocycles. The van der Waals surface area contributed by atoms with Gasteiger partial charge in [-0.05, 0) is 17.7 Å². The van der Waals surface area contributed by atoms with Crippen LogP contribution in [-0.2, 0) is 10.1 Å². The maximum atomic E-state index is 14.0. The van der Waals surface area contributed by atoms with E-state index in [0.29, 0.717) is 37.1 Å². The van der Waals surface area contributed by atoms with E-state index in [9.17, 15) is 4.39 Å². The van der Waals surface area contributed by atoms with Crippen molar-refractivity contribution in [2.24, 2.45) is 0 Å². The standard InChI is InChI=1S/C13H16BrFN2O/c1-18-8-7-17(6-2-5-16)13-4-3-11(10-14)9-12(13)15/h3-4,9H,2,6-8,10H2,1H3. The molecule has 0 radical (unpaired) electrons. The van der Waals surface area contributed by atoms with Gasteiger partial charge in [-0.15, -0.1) is 0 Å². The molecule has 0 atom stereocenters. The van der Waals surface area contributed by atoms with Crippen LogP contribution in [0.3, 0.4) is 0 Å². The molecule has 0 N–H and O–H groups in total. The zero-order valence-corrected chi connectivity index (χ0v) is 11.9. The molecule has 1 aromatic rings. The number of nitriles is 1. The zero-order valence-electron chi connectivity index (χ0n) is 10.3. The molecule has 0 amide bonds. The monoisotopic (exact) mass is 314 g/mol. The van der Waals surface area contributed by atoms with Crippen LogP contribution in [0.4, 0.5) is 10.1 Å². The highest BCUT2D eigenvalue weighted by Gasteiger charge is 2.11. The molecular weight excluding hydrogens is 299 g/mol. The lowest BCUT2D eigenvalue weighted by Gasteiger charge is -2.24. The van der Waals surface area contributed by atoms with Gasteiger partial charge in [-0.3, -0.25) is 0 Å². The summed E-state index contributed by atoms with van der Waals surface area (Å²) in [5, 5.41) is 9.26. The van der Waals surface area contributed by atoms with Crippen LogP contribution in [0.1, 0.15) is 12.0 Å². The van der Waals surface area contributed by atoms with E-state index in [4.69, 9.17) is 10.00 Å². The van der Waals surface area contributed by atoms with Gasteiger partial charge < -0.3 is 9.64 Å². The van der Waals surface area contributed by atoms with Crippen molar-refractivity contribution >= 4 is 21.6 Å². The zero-order chi connectivity index (χ0) is 13.4. The van der Waals surface area contributed by atoms with Gasteiger partial charge in [0.15, 0.2) is 0 Å². The van der Waals surface area contributed by atoms with Crippen molar-refractivity contribution in [3.63, 3.8) is 0 Å². The lowest BCUT2D eigenvalue weighted by atomic mass is 10.2. The minimum Gasteiger partial charge on any atom is -0.383 e. The Morgan fingerprint density at radius 1 is 1.44 bits per heavy atom. The normalized spacial score (nSPS) is 10.1. The second kappa shape index (κ2) is 8.06. The summed E-state index contributed by atoms with van der Waals surface area (Å²) >= 11 is 3.29. The Bertz CT molecular complexity index is 420. The van der Waals surface area contributed by atoms with Crippen molar-refractivity contribution in [1.82, 2.24) is 0 Å². The number of halogens is 2. The second-order valence-corrected chi connectivity index (χ2v) is 4.37. The molecule has 98 valence electrons. The van der Waals surface area contributed by atoms with Crippen molar-refractivity contribution < 1.29 is 9.13 Å². The van der Waals surface area contributed by atoms with Crippen LogP contribution in [0.15, 0.2) is 18.2 Å². The van der Waals surface area contributed by atoms with Crippen molar-refractivity contribution in [3.05, 3.63) is 29.6 Å². The van der Waals surface area contributed by atoms with Crippen LogP contribution in [0.5, 0.6) is 0 Å². The first-order valence-electron chi connectivity index (χ1n) is 5.68. The van der Waals surface area contributed by atoms with E-state index in [1.165, 1.54) is 6.07 Å². The van der Waals surface area contributed by atoms with Crippen LogP contribution in [0.2, 0.25) is 0 Å². The summed E-state index contributed by atoms with van der Waals surface area (Å²) in [6.07, 6.45) is 0.364. The smallest absolute Gasteiger partial charge is 0.146 e. The minimum atomic E-state index is -0.263. The first-order valence-corrected chi connectivity index (χ1v) is 6.80. The maximum Gasteiger partial charge on any atom is 0.146 e. The number of benzene rings is 1. The van der Waals surface area contributed by atoms with Crippen molar-refractivity contribution in [2.75, 3.05) is 31.7 Å². The number of nitrogens with zero attached hydrogens (tertiary/aromatic N) is 2. The third kappa shape index (κ3) is 4.28. The fraction of sp³-hybridized carbons (Fsp3) is 0.462. The highest BCUT2D eigenvalue weighted by Crippen LogP contribution is 2.21. The van der Waals surface area contributed by atoms with E-state index in [-0.39, 0.29) is 5.82 Å². The SMILES string of the molecule is COCCN(CCC#N)c1ccc(CBr)cc1F. The summed E-state index contributed by atoms with van der Waals surface area (Å²) in [5.41, 5.74) is 1.41. The fourth-order valence-corrected chi connectivity index (χ4v) is 1.98. The molecule has 0 bridgehead atoms. The molecular formula is C13H16BrFN2O. The van der Waals surface area contributed by atoms with Crippen LogP contribution < -0.4 is 4.90 Å². The Hall–Kier alpha value is -1.12. The molecule has 1 aromatic carbocycles. The molecule has 0 aliphatic carbocycles. The van der Waals surface area contributed by atoms with E-state index in [2.05, 4.69) is 22.0 Å². The molecule has 0 aliphatic heterocycles. The molecule has 0 aromatic heterocycles. The fourth-order valence-electron chi connectivity index (χ4n) is 1.63. The molecule has 0 fully saturated rings. The maximum absolute atomic E-state index is 14.0. The van der Waals surface area contributed by atoms with Crippen molar-refractivity contribution in [2.45, 2.75) is 11.8 Å². The van der Waals surface area contributed by atoms with Gasteiger partial charge in [-0.1, -0.05) is 22.0 Å². The van der Waals surface area contributed by atoms with Gasteiger partial charge in [0.2, 0.25) is 0 Å². The Labute approximate surface area is 115 Å². The highest BCUT2D eigenvalue weighted by atomic mass is 79.9. The molecule has 0 heterocycles. The molecule has 1 rings (SSSR count). The summed E-state index contributed by atoms with van der Waals surface area (Å²) in [6.45, 7) is 1.58. The predicted octanol–water partition coefficient (Wildman–Crippen LogP) is 3.09.